The second kappa shape index (κ2) is 6.77. The van der Waals surface area contributed by atoms with E-state index < -0.39 is 0 Å². The Morgan fingerprint density at radius 1 is 1.30 bits per heavy atom. The number of amides is 1. The number of rotatable bonds is 6. The molecular weight excluding hydrogens is 256 g/mol. The van der Waals surface area contributed by atoms with Gasteiger partial charge in [0.25, 0.3) is 5.91 Å². The number of benzene rings is 1. The first-order valence-corrected chi connectivity index (χ1v) is 6.46. The van der Waals surface area contributed by atoms with Crippen molar-refractivity contribution in [2.24, 2.45) is 5.73 Å². The monoisotopic (exact) mass is 274 g/mol. The van der Waals surface area contributed by atoms with Crippen LogP contribution in [0.25, 0.3) is 0 Å². The molecule has 2 N–H and O–H groups in total. The molecule has 5 nitrogen and oxygen atoms in total. The molecule has 106 valence electrons. The first-order chi connectivity index (χ1) is 9.77. The van der Waals surface area contributed by atoms with Crippen molar-refractivity contribution in [3.8, 4) is 5.75 Å². The molecule has 2 rings (SSSR count). The Morgan fingerprint density at radius 3 is 2.75 bits per heavy atom. The van der Waals surface area contributed by atoms with Crippen LogP contribution in [0.1, 0.15) is 17.0 Å². The summed E-state index contributed by atoms with van der Waals surface area (Å²) < 4.78 is 10.5. The van der Waals surface area contributed by atoms with Crippen molar-refractivity contribution in [1.82, 2.24) is 0 Å². The number of nitrogens with two attached hydrogens (primary N) is 1. The van der Waals surface area contributed by atoms with Crippen LogP contribution in [0.4, 0.5) is 5.69 Å². The first kappa shape index (κ1) is 14.1. The molecule has 1 heterocycles. The van der Waals surface area contributed by atoms with Gasteiger partial charge < -0.3 is 19.8 Å². The average Bonchev–Trinajstić information content (AvgIpc) is 3.02. The van der Waals surface area contributed by atoms with Crippen molar-refractivity contribution < 1.29 is 13.9 Å². The summed E-state index contributed by atoms with van der Waals surface area (Å²) in [4.78, 5) is 14.1. The van der Waals surface area contributed by atoms with E-state index in [-0.39, 0.29) is 5.91 Å². The molecule has 1 amide bonds. The maximum Gasteiger partial charge on any atom is 0.294 e. The molecule has 0 unspecified atom stereocenters. The molecule has 0 saturated heterocycles. The molecule has 1 aromatic heterocycles. The highest BCUT2D eigenvalue weighted by Crippen LogP contribution is 2.29. The van der Waals surface area contributed by atoms with Gasteiger partial charge >= 0.3 is 0 Å². The lowest BCUT2D eigenvalue weighted by atomic mass is 10.2. The summed E-state index contributed by atoms with van der Waals surface area (Å²) in [6.45, 7) is 1.02. The Kier molecular flexibility index (Phi) is 4.79. The molecule has 0 aliphatic rings. The number of nitrogens with zero attached hydrogens (tertiary/aromatic N) is 1. The van der Waals surface area contributed by atoms with Crippen LogP contribution >= 0.6 is 0 Å². The van der Waals surface area contributed by atoms with Crippen molar-refractivity contribution in [3.63, 3.8) is 0 Å². The van der Waals surface area contributed by atoms with Crippen LogP contribution in [-0.2, 0) is 0 Å². The Hall–Kier alpha value is -2.27. The second-order valence-electron chi connectivity index (χ2n) is 4.25. The van der Waals surface area contributed by atoms with Crippen LogP contribution in [0.15, 0.2) is 47.1 Å². The standard InChI is InChI=1S/C15H18N2O3/c1-19-13-7-3-2-6-12(13)17(10-5-9-16)15(18)14-8-4-11-20-14/h2-4,6-8,11H,5,9-10,16H2,1H3. The predicted octanol–water partition coefficient (Wildman–Crippen LogP) is 2.28. The summed E-state index contributed by atoms with van der Waals surface area (Å²) in [5, 5.41) is 0. The largest absolute Gasteiger partial charge is 0.495 e. The Bertz CT molecular complexity index is 552. The summed E-state index contributed by atoms with van der Waals surface area (Å²) in [5.41, 5.74) is 6.26. The van der Waals surface area contributed by atoms with Gasteiger partial charge in [0.05, 0.1) is 19.1 Å². The van der Waals surface area contributed by atoms with Crippen molar-refractivity contribution >= 4 is 11.6 Å². The SMILES string of the molecule is COc1ccccc1N(CCCN)C(=O)c1ccco1. The van der Waals surface area contributed by atoms with E-state index in [4.69, 9.17) is 14.9 Å². The van der Waals surface area contributed by atoms with Gasteiger partial charge in [-0.3, -0.25) is 4.79 Å². The van der Waals surface area contributed by atoms with E-state index in [9.17, 15) is 4.79 Å². The van der Waals surface area contributed by atoms with Crippen LogP contribution in [-0.4, -0.2) is 26.1 Å². The van der Waals surface area contributed by atoms with Crippen LogP contribution in [0, 0.1) is 0 Å². The van der Waals surface area contributed by atoms with Crippen LogP contribution in [0.2, 0.25) is 0 Å². The highest BCUT2D eigenvalue weighted by Gasteiger charge is 2.22. The number of furan rings is 1. The number of carbonyl (C=O) groups is 1. The maximum atomic E-state index is 12.5. The van der Waals surface area contributed by atoms with E-state index in [1.807, 2.05) is 24.3 Å². The fourth-order valence-electron chi connectivity index (χ4n) is 1.97. The zero-order valence-corrected chi connectivity index (χ0v) is 11.4. The number of hydrogen-bond donors (Lipinski definition) is 1. The van der Waals surface area contributed by atoms with Crippen molar-refractivity contribution in [2.45, 2.75) is 6.42 Å². The minimum absolute atomic E-state index is 0.201. The van der Waals surface area contributed by atoms with Crippen LogP contribution in [0.5, 0.6) is 5.75 Å². The van der Waals surface area contributed by atoms with Gasteiger partial charge in [-0.2, -0.15) is 0 Å². The number of anilines is 1. The fraction of sp³-hybridized carbons (Fsp3) is 0.267. The molecule has 0 aliphatic heterocycles. The van der Waals surface area contributed by atoms with Gasteiger partial charge in [-0.1, -0.05) is 12.1 Å². The summed E-state index contributed by atoms with van der Waals surface area (Å²) in [6.07, 6.45) is 2.18. The molecule has 0 radical (unpaired) electrons. The summed E-state index contributed by atoms with van der Waals surface area (Å²) in [5.74, 6) is 0.741. The number of methoxy groups -OCH3 is 1. The molecule has 0 bridgehead atoms. The average molecular weight is 274 g/mol. The van der Waals surface area contributed by atoms with Gasteiger partial charge in [0.1, 0.15) is 5.75 Å². The summed E-state index contributed by atoms with van der Waals surface area (Å²) in [7, 11) is 1.58. The molecule has 1 aromatic carbocycles. The predicted molar refractivity (Wildman–Crippen MR) is 77.0 cm³/mol. The molecule has 0 atom stereocenters. The highest BCUT2D eigenvalue weighted by molar-refractivity contribution is 6.05. The third-order valence-corrected chi connectivity index (χ3v) is 2.94. The normalized spacial score (nSPS) is 10.3. The lowest BCUT2D eigenvalue weighted by molar-refractivity contribution is 0.0959. The summed E-state index contributed by atoms with van der Waals surface area (Å²) >= 11 is 0. The molecule has 20 heavy (non-hydrogen) atoms. The van der Waals surface area contributed by atoms with Crippen molar-refractivity contribution in [3.05, 3.63) is 48.4 Å². The minimum atomic E-state index is -0.201. The van der Waals surface area contributed by atoms with Gasteiger partial charge in [-0.05, 0) is 37.2 Å². The van der Waals surface area contributed by atoms with Crippen molar-refractivity contribution in [2.75, 3.05) is 25.1 Å². The topological polar surface area (TPSA) is 68.7 Å². The first-order valence-electron chi connectivity index (χ1n) is 6.46. The van der Waals surface area contributed by atoms with E-state index in [0.717, 1.165) is 0 Å². The van der Waals surface area contributed by atoms with E-state index >= 15 is 0 Å². The third kappa shape index (κ3) is 3.00. The Morgan fingerprint density at radius 2 is 2.10 bits per heavy atom. The van der Waals surface area contributed by atoms with Crippen LogP contribution in [0.3, 0.4) is 0 Å². The van der Waals surface area contributed by atoms with E-state index in [2.05, 4.69) is 0 Å². The number of hydrogen-bond acceptors (Lipinski definition) is 4. The zero-order valence-electron chi connectivity index (χ0n) is 11.4. The third-order valence-electron chi connectivity index (χ3n) is 2.94. The molecule has 0 aliphatic carbocycles. The molecule has 0 saturated carbocycles. The smallest absolute Gasteiger partial charge is 0.294 e. The van der Waals surface area contributed by atoms with Crippen molar-refractivity contribution in [1.29, 1.82) is 0 Å². The Balaban J connectivity index is 2.34. The van der Waals surface area contributed by atoms with Gasteiger partial charge in [0, 0.05) is 6.54 Å². The number of ether oxygens (including phenoxy) is 1. The second-order valence-corrected chi connectivity index (χ2v) is 4.25. The zero-order chi connectivity index (χ0) is 14.4. The van der Waals surface area contributed by atoms with Gasteiger partial charge in [-0.15, -0.1) is 0 Å². The van der Waals surface area contributed by atoms with E-state index in [0.29, 0.717) is 36.7 Å². The van der Waals surface area contributed by atoms with E-state index in [1.165, 1.54) is 6.26 Å². The van der Waals surface area contributed by atoms with Gasteiger partial charge in [0.2, 0.25) is 0 Å². The number of para-hydroxylation sites is 2. The Labute approximate surface area is 117 Å². The lowest BCUT2D eigenvalue weighted by Gasteiger charge is -2.23. The van der Waals surface area contributed by atoms with Gasteiger partial charge in [-0.25, -0.2) is 0 Å². The van der Waals surface area contributed by atoms with E-state index in [1.54, 1.807) is 24.1 Å². The highest BCUT2D eigenvalue weighted by atomic mass is 16.5. The molecular formula is C15H18N2O3. The minimum Gasteiger partial charge on any atom is -0.495 e. The number of carbonyl (C=O) groups excluding carboxylic acids is 1. The molecule has 0 spiro atoms. The van der Waals surface area contributed by atoms with Crippen LogP contribution < -0.4 is 15.4 Å². The summed E-state index contributed by atoms with van der Waals surface area (Å²) in [6, 6.07) is 10.7. The lowest BCUT2D eigenvalue weighted by Crippen LogP contribution is -2.33. The maximum absolute atomic E-state index is 12.5. The quantitative estimate of drug-likeness (QED) is 0.877. The molecule has 5 heteroatoms. The fourth-order valence-corrected chi connectivity index (χ4v) is 1.97. The molecule has 0 fully saturated rings. The van der Waals surface area contributed by atoms with Gasteiger partial charge in [0.15, 0.2) is 5.76 Å². The molecule has 2 aromatic rings.